The van der Waals surface area contributed by atoms with Crippen molar-refractivity contribution in [3.8, 4) is 0 Å². The average molecular weight is 1460 g/mol. The molecule has 1 fully saturated rings. The van der Waals surface area contributed by atoms with Crippen LogP contribution >= 0.6 is 15.6 Å². The molecule has 18 atom stereocenters. The zero-order chi connectivity index (χ0) is 74.4. The van der Waals surface area contributed by atoms with Crippen LogP contribution in [0.3, 0.4) is 0 Å². The van der Waals surface area contributed by atoms with Crippen molar-refractivity contribution >= 4 is 15.6 Å². The largest absolute Gasteiger partial charge is 0.469 e. The van der Waals surface area contributed by atoms with Crippen molar-refractivity contribution in [3.05, 3.63) is 0 Å². The quantitative estimate of drug-likeness (QED) is 0.186. The van der Waals surface area contributed by atoms with Gasteiger partial charge in [0, 0.05) is 26.4 Å². The van der Waals surface area contributed by atoms with Crippen molar-refractivity contribution in [1.82, 2.24) is 0 Å². The second-order valence-electron chi connectivity index (χ2n) is 35.9. The summed E-state index contributed by atoms with van der Waals surface area (Å²) in [6.45, 7) is 41.4. The third kappa shape index (κ3) is 64.1. The molecule has 1 unspecified atom stereocenters. The molecular formula is C86H174O12P2. The van der Waals surface area contributed by atoms with Gasteiger partial charge in [-0.1, -0.05) is 368 Å². The van der Waals surface area contributed by atoms with E-state index >= 15 is 0 Å². The van der Waals surface area contributed by atoms with E-state index in [1.165, 1.54) is 257 Å². The van der Waals surface area contributed by atoms with Gasteiger partial charge in [0.15, 0.2) is 0 Å². The summed E-state index contributed by atoms with van der Waals surface area (Å²) in [5.41, 5.74) is 0. The summed E-state index contributed by atoms with van der Waals surface area (Å²) in [5, 5.41) is 0. The molecule has 0 aromatic carbocycles. The number of phosphoric ester groups is 2. The third-order valence-electron chi connectivity index (χ3n) is 23.9. The van der Waals surface area contributed by atoms with Gasteiger partial charge in [0.05, 0.1) is 26.4 Å². The number of rotatable bonds is 6. The molecule has 0 spiro atoms. The van der Waals surface area contributed by atoms with Crippen molar-refractivity contribution in [2.45, 2.75) is 406 Å². The SMILES string of the molecule is C[C@@H]1CCC[C@H](C)CCC[C@H](C)CC[C@@H](C)CCC[C@@H](C)CCC[C@@H](C)CCC[C@@H](C)CCO[C@H](COP(=O)(O)O)COCC[C@H](C)CCC[C@H](C)CCC[C@H](C)CCC[C@H](C)CC[C@@H](C)CCC[C@@H](C)CCC[C@@H](C)CCC[C@@H](C)CCOC(COP(=O)(O)O)COCC[C@H](C)CCC1. The molecule has 100 heavy (non-hydrogen) atoms. The highest BCUT2D eigenvalue weighted by atomic mass is 31.2. The van der Waals surface area contributed by atoms with E-state index < -0.39 is 27.9 Å². The standard InChI is InChI=1S/C86H174O12P2/c1-69-29-17-33-73(5)41-25-49-81(13)57-61-93-65-85(67-97-99(87,88)89)95-63-59-83(15)52-28-44-76(8)36-20-32-72(4)40-24-48-80(12)56-54-78(10)46-22-38-70(2)30-18-34-74(6)42-26-50-82(14)58-62-94-66-86(68-98-100(90,91)92)96-64-60-84(16)51-27-43-75(7)35-19-31-71(3)39-23-47-79(11)55-53-77(9)45-21-37-69/h69-86H,17-68H2,1-16H3,(H2,87,88,89)(H2,90,91,92)/t69-,70-,71-,72-,73+,74+,75+,76+,77-,78-,79-,80-,81+,82+,83+,84+,85-,86?/m0/s1. The highest BCUT2D eigenvalue weighted by Crippen LogP contribution is 2.38. The summed E-state index contributed by atoms with van der Waals surface area (Å²) >= 11 is 0. The Labute approximate surface area is 622 Å². The fraction of sp³-hybridized carbons (Fsp3) is 1.00. The summed E-state index contributed by atoms with van der Waals surface area (Å²) in [6, 6.07) is 0. The minimum absolute atomic E-state index is 0.169. The fourth-order valence-electron chi connectivity index (χ4n) is 15.7. The number of phosphoric acid groups is 2. The van der Waals surface area contributed by atoms with Crippen LogP contribution in [0, 0.1) is 94.7 Å². The molecule has 4 N–H and O–H groups in total. The van der Waals surface area contributed by atoms with Crippen molar-refractivity contribution in [2.24, 2.45) is 94.7 Å². The van der Waals surface area contributed by atoms with Gasteiger partial charge in [0.2, 0.25) is 0 Å². The maximum atomic E-state index is 11.6. The van der Waals surface area contributed by atoms with E-state index in [9.17, 15) is 28.7 Å². The summed E-state index contributed by atoms with van der Waals surface area (Å²) in [7, 11) is -9.20. The molecule has 1 rings (SSSR count). The zero-order valence-corrected chi connectivity index (χ0v) is 70.9. The first-order valence-corrected chi connectivity index (χ1v) is 46.3. The Morgan fingerprint density at radius 3 is 0.530 bits per heavy atom. The molecule has 12 nitrogen and oxygen atoms in total. The normalized spacial score (nSPS) is 34.5. The number of hydrogen-bond donors (Lipinski definition) is 4. The van der Waals surface area contributed by atoms with E-state index in [-0.39, 0.29) is 26.4 Å². The van der Waals surface area contributed by atoms with Crippen molar-refractivity contribution in [1.29, 1.82) is 0 Å². The van der Waals surface area contributed by atoms with E-state index in [1.54, 1.807) is 0 Å². The van der Waals surface area contributed by atoms with Crippen molar-refractivity contribution < 1.29 is 56.7 Å². The van der Waals surface area contributed by atoms with Crippen LogP contribution in [0.2, 0.25) is 0 Å². The highest BCUT2D eigenvalue weighted by Gasteiger charge is 2.23. The Hall–Kier alpha value is 0.0600. The molecule has 14 heteroatoms. The minimum Gasteiger partial charge on any atom is -0.379 e. The summed E-state index contributed by atoms with van der Waals surface area (Å²) in [6.07, 6.45) is 55.5. The van der Waals surface area contributed by atoms with Crippen molar-refractivity contribution in [2.75, 3.05) is 52.9 Å². The van der Waals surface area contributed by atoms with Crippen LogP contribution in [-0.2, 0) is 37.1 Å². The van der Waals surface area contributed by atoms with Gasteiger partial charge in [-0.15, -0.1) is 0 Å². The molecule has 1 heterocycles. The molecule has 600 valence electrons. The second kappa shape index (κ2) is 61.9. The van der Waals surface area contributed by atoms with E-state index in [0.29, 0.717) is 50.1 Å². The van der Waals surface area contributed by atoms with Gasteiger partial charge in [-0.25, -0.2) is 9.13 Å². The molecule has 0 radical (unpaired) electrons. The maximum absolute atomic E-state index is 11.6. The first-order chi connectivity index (χ1) is 47.5. The van der Waals surface area contributed by atoms with E-state index in [2.05, 4.69) is 111 Å². The van der Waals surface area contributed by atoms with Gasteiger partial charge in [-0.3, -0.25) is 9.05 Å². The zero-order valence-electron chi connectivity index (χ0n) is 69.1. The topological polar surface area (TPSA) is 170 Å². The minimum atomic E-state index is -4.60. The maximum Gasteiger partial charge on any atom is 0.469 e. The third-order valence-corrected chi connectivity index (χ3v) is 24.9. The molecule has 1 saturated heterocycles. The first kappa shape index (κ1) is 98.1. The Bertz CT molecular complexity index is 1770. The average Bonchev–Trinajstić information content (AvgIpc) is 1.26. The fourth-order valence-corrected chi connectivity index (χ4v) is 16.5. The van der Waals surface area contributed by atoms with E-state index in [0.717, 1.165) is 96.7 Å². The molecule has 0 saturated carbocycles. The summed E-state index contributed by atoms with van der Waals surface area (Å²) < 4.78 is 57.4. The van der Waals surface area contributed by atoms with Crippen LogP contribution in [0.1, 0.15) is 393 Å². The predicted octanol–water partition coefficient (Wildman–Crippen LogP) is 26.4. The highest BCUT2D eigenvalue weighted by molar-refractivity contribution is 7.46. The summed E-state index contributed by atoms with van der Waals surface area (Å²) in [5.74, 6) is 11.7. The summed E-state index contributed by atoms with van der Waals surface area (Å²) in [4.78, 5) is 37.8. The molecule has 0 amide bonds. The number of hydrogen-bond acceptors (Lipinski definition) is 8. The molecule has 1 aliphatic rings. The number of ether oxygens (including phenoxy) is 4. The van der Waals surface area contributed by atoms with Crippen LogP contribution in [-0.4, -0.2) is 84.6 Å². The van der Waals surface area contributed by atoms with Gasteiger partial charge in [-0.05, 0) is 120 Å². The first-order valence-electron chi connectivity index (χ1n) is 43.2. The lowest BCUT2D eigenvalue weighted by atomic mass is 9.88. The lowest BCUT2D eigenvalue weighted by molar-refractivity contribution is -0.0463. The molecular weight excluding hydrogens is 1290 g/mol. The Morgan fingerprint density at radius 1 is 0.230 bits per heavy atom. The Balaban J connectivity index is 2.66. The van der Waals surface area contributed by atoms with Crippen molar-refractivity contribution in [3.63, 3.8) is 0 Å². The van der Waals surface area contributed by atoms with Crippen LogP contribution < -0.4 is 0 Å². The van der Waals surface area contributed by atoms with Gasteiger partial charge in [0.1, 0.15) is 12.2 Å². The van der Waals surface area contributed by atoms with Crippen LogP contribution in [0.5, 0.6) is 0 Å². The molecule has 0 aliphatic carbocycles. The molecule has 0 aromatic heterocycles. The van der Waals surface area contributed by atoms with Crippen LogP contribution in [0.25, 0.3) is 0 Å². The lowest BCUT2D eigenvalue weighted by Crippen LogP contribution is -2.26. The smallest absolute Gasteiger partial charge is 0.379 e. The van der Waals surface area contributed by atoms with E-state index in [1.807, 2.05) is 0 Å². The predicted molar refractivity (Wildman–Crippen MR) is 427 cm³/mol. The second-order valence-corrected chi connectivity index (χ2v) is 38.3. The van der Waals surface area contributed by atoms with Gasteiger partial charge < -0.3 is 38.5 Å². The van der Waals surface area contributed by atoms with Crippen LogP contribution in [0.15, 0.2) is 0 Å². The van der Waals surface area contributed by atoms with Crippen LogP contribution in [0.4, 0.5) is 0 Å². The molecule has 0 bridgehead atoms. The molecule has 1 aliphatic heterocycles. The van der Waals surface area contributed by atoms with E-state index in [4.69, 9.17) is 28.0 Å². The van der Waals surface area contributed by atoms with Gasteiger partial charge >= 0.3 is 15.6 Å². The Morgan fingerprint density at radius 2 is 0.370 bits per heavy atom. The monoisotopic (exact) mass is 1460 g/mol. The lowest BCUT2D eigenvalue weighted by Gasteiger charge is -2.21. The van der Waals surface area contributed by atoms with Gasteiger partial charge in [0.25, 0.3) is 0 Å². The Kier molecular flexibility index (Phi) is 60.7. The van der Waals surface area contributed by atoms with Gasteiger partial charge in [-0.2, -0.15) is 0 Å². The molecule has 0 aromatic rings.